The van der Waals surface area contributed by atoms with E-state index in [1.807, 2.05) is 0 Å². The number of hydrogen-bond acceptors (Lipinski definition) is 1. The largest absolute Gasteiger partial charge is 0.253 e. The second kappa shape index (κ2) is 3.42. The molecule has 86 valence electrons. The van der Waals surface area contributed by atoms with Crippen LogP contribution in [0.15, 0.2) is 48.5 Å². The number of aryl methyl sites for hydroxylation is 1. The van der Waals surface area contributed by atoms with Gasteiger partial charge in [-0.2, -0.15) is 0 Å². The van der Waals surface area contributed by atoms with Crippen molar-refractivity contribution in [3.8, 4) is 11.1 Å². The first-order valence-corrected chi connectivity index (χ1v) is 6.31. The van der Waals surface area contributed by atoms with Crippen molar-refractivity contribution < 1.29 is 0 Å². The van der Waals surface area contributed by atoms with E-state index in [1.165, 1.54) is 33.3 Å². The van der Waals surface area contributed by atoms with Crippen LogP contribution in [0.3, 0.4) is 0 Å². The fourth-order valence-corrected chi connectivity index (χ4v) is 3.01. The lowest BCUT2D eigenvalue weighted by Gasteiger charge is -2.08. The topological polar surface area (TPSA) is 12.9 Å². The van der Waals surface area contributed by atoms with E-state index < -0.39 is 0 Å². The summed E-state index contributed by atoms with van der Waals surface area (Å²) in [4.78, 5) is 4.73. The lowest BCUT2D eigenvalue weighted by Crippen LogP contribution is -1.92. The number of rotatable bonds is 0. The number of fused-ring (bicyclic) bond motifs is 5. The molecule has 0 atom stereocenters. The van der Waals surface area contributed by atoms with Gasteiger partial charge in [-0.15, -0.1) is 0 Å². The van der Waals surface area contributed by atoms with E-state index in [-0.39, 0.29) is 0 Å². The summed E-state index contributed by atoms with van der Waals surface area (Å²) in [6.45, 7) is 2.12. The smallest absolute Gasteiger partial charge is 0.0711 e. The Balaban J connectivity index is 2.20. The third-order valence-electron chi connectivity index (χ3n) is 3.85. The first kappa shape index (κ1) is 9.84. The minimum Gasteiger partial charge on any atom is -0.253 e. The van der Waals surface area contributed by atoms with Crippen molar-refractivity contribution in [3.05, 3.63) is 65.4 Å². The quantitative estimate of drug-likeness (QED) is 0.443. The molecule has 1 heteroatoms. The summed E-state index contributed by atoms with van der Waals surface area (Å²) in [6.07, 6.45) is 1.02. The van der Waals surface area contributed by atoms with Crippen LogP contribution in [-0.4, -0.2) is 4.98 Å². The highest BCUT2D eigenvalue weighted by Gasteiger charge is 2.22. The van der Waals surface area contributed by atoms with Gasteiger partial charge in [0.15, 0.2) is 0 Å². The molecular formula is C17H13N. The average Bonchev–Trinajstić information content (AvgIpc) is 2.79. The lowest BCUT2D eigenvalue weighted by molar-refractivity contribution is 1.14. The van der Waals surface area contributed by atoms with Crippen molar-refractivity contribution in [2.45, 2.75) is 13.3 Å². The number of aromatic nitrogens is 1. The highest BCUT2D eigenvalue weighted by Crippen LogP contribution is 2.41. The van der Waals surface area contributed by atoms with Crippen LogP contribution in [0.5, 0.6) is 0 Å². The van der Waals surface area contributed by atoms with Gasteiger partial charge in [-0.3, -0.25) is 4.98 Å². The molecule has 3 aromatic rings. The second-order valence-corrected chi connectivity index (χ2v) is 4.90. The number of hydrogen-bond donors (Lipinski definition) is 0. The van der Waals surface area contributed by atoms with E-state index >= 15 is 0 Å². The Labute approximate surface area is 106 Å². The van der Waals surface area contributed by atoms with Crippen molar-refractivity contribution in [1.82, 2.24) is 4.98 Å². The molecule has 18 heavy (non-hydrogen) atoms. The van der Waals surface area contributed by atoms with Gasteiger partial charge < -0.3 is 0 Å². The summed E-state index contributed by atoms with van der Waals surface area (Å²) in [5.41, 5.74) is 7.87. The molecule has 1 heterocycles. The lowest BCUT2D eigenvalue weighted by atomic mass is 10.00. The number of pyridine rings is 1. The van der Waals surface area contributed by atoms with Crippen molar-refractivity contribution in [1.29, 1.82) is 0 Å². The Morgan fingerprint density at radius 2 is 1.72 bits per heavy atom. The maximum Gasteiger partial charge on any atom is 0.0711 e. The molecule has 2 aromatic carbocycles. The van der Waals surface area contributed by atoms with Crippen LogP contribution in [0.4, 0.5) is 0 Å². The zero-order chi connectivity index (χ0) is 12.1. The van der Waals surface area contributed by atoms with Crippen molar-refractivity contribution in [3.63, 3.8) is 0 Å². The zero-order valence-electron chi connectivity index (χ0n) is 10.3. The summed E-state index contributed by atoms with van der Waals surface area (Å²) in [5.74, 6) is 0. The van der Waals surface area contributed by atoms with Crippen LogP contribution >= 0.6 is 0 Å². The fourth-order valence-electron chi connectivity index (χ4n) is 3.01. The molecule has 1 aliphatic carbocycles. The van der Waals surface area contributed by atoms with Gasteiger partial charge in [0.25, 0.3) is 0 Å². The summed E-state index contributed by atoms with van der Waals surface area (Å²) < 4.78 is 0. The normalized spacial score (nSPS) is 12.5. The highest BCUT2D eigenvalue weighted by atomic mass is 14.7. The van der Waals surface area contributed by atoms with Gasteiger partial charge >= 0.3 is 0 Å². The summed E-state index contributed by atoms with van der Waals surface area (Å²) in [7, 11) is 0. The number of benzene rings is 2. The Morgan fingerprint density at radius 1 is 0.944 bits per heavy atom. The molecular weight excluding hydrogens is 218 g/mol. The maximum atomic E-state index is 4.73. The molecule has 0 aliphatic heterocycles. The third-order valence-corrected chi connectivity index (χ3v) is 3.85. The fraction of sp³-hybridized carbons (Fsp3) is 0.118. The van der Waals surface area contributed by atoms with E-state index in [0.29, 0.717) is 0 Å². The molecule has 0 fully saturated rings. The van der Waals surface area contributed by atoms with Crippen LogP contribution in [0.1, 0.15) is 16.8 Å². The highest BCUT2D eigenvalue weighted by molar-refractivity contribution is 5.99. The summed E-state index contributed by atoms with van der Waals surface area (Å²) in [5, 5.41) is 1.28. The van der Waals surface area contributed by atoms with E-state index in [9.17, 15) is 0 Å². The maximum absolute atomic E-state index is 4.73. The molecule has 0 spiro atoms. The molecule has 0 saturated heterocycles. The molecule has 0 saturated carbocycles. The van der Waals surface area contributed by atoms with Gasteiger partial charge in [-0.1, -0.05) is 42.5 Å². The first-order chi connectivity index (χ1) is 8.84. The Bertz CT molecular complexity index is 772. The van der Waals surface area contributed by atoms with E-state index in [4.69, 9.17) is 4.98 Å². The van der Waals surface area contributed by atoms with Gasteiger partial charge in [0.05, 0.1) is 5.52 Å². The molecule has 0 unspecified atom stereocenters. The van der Waals surface area contributed by atoms with Crippen molar-refractivity contribution in [2.24, 2.45) is 0 Å². The molecule has 1 aromatic heterocycles. The second-order valence-electron chi connectivity index (χ2n) is 4.90. The first-order valence-electron chi connectivity index (χ1n) is 6.31. The number of para-hydroxylation sites is 1. The van der Waals surface area contributed by atoms with Crippen LogP contribution in [0, 0.1) is 6.92 Å². The van der Waals surface area contributed by atoms with E-state index in [0.717, 1.165) is 11.9 Å². The van der Waals surface area contributed by atoms with Gasteiger partial charge in [-0.25, -0.2) is 0 Å². The summed E-state index contributed by atoms with van der Waals surface area (Å²) >= 11 is 0. The minimum atomic E-state index is 1.02. The van der Waals surface area contributed by atoms with Crippen molar-refractivity contribution >= 4 is 10.9 Å². The monoisotopic (exact) mass is 231 g/mol. The molecule has 1 nitrogen and oxygen atoms in total. The van der Waals surface area contributed by atoms with Crippen molar-refractivity contribution in [2.75, 3.05) is 0 Å². The standard InChI is InChI=1S/C17H13N/c1-11-15-10-12-6-2-3-7-13(12)17(15)14-8-4-5-9-16(14)18-11/h2-9H,10H2,1H3. The number of nitrogens with zero attached hydrogens (tertiary/aromatic N) is 1. The van der Waals surface area contributed by atoms with Crippen LogP contribution in [-0.2, 0) is 6.42 Å². The van der Waals surface area contributed by atoms with Gasteiger partial charge in [0.2, 0.25) is 0 Å². The molecule has 0 radical (unpaired) electrons. The SMILES string of the molecule is Cc1nc2ccccc2c2c1Cc1ccccc1-2. The average molecular weight is 231 g/mol. The molecule has 1 aliphatic rings. The third kappa shape index (κ3) is 1.19. The van der Waals surface area contributed by atoms with Crippen LogP contribution < -0.4 is 0 Å². The van der Waals surface area contributed by atoms with Gasteiger partial charge in [-0.05, 0) is 35.2 Å². The Morgan fingerprint density at radius 3 is 2.67 bits per heavy atom. The summed E-state index contributed by atoms with van der Waals surface area (Å²) in [6, 6.07) is 17.1. The van der Waals surface area contributed by atoms with Crippen LogP contribution in [0.25, 0.3) is 22.0 Å². The predicted molar refractivity (Wildman–Crippen MR) is 74.7 cm³/mol. The Kier molecular flexibility index (Phi) is 1.87. The molecule has 0 N–H and O–H groups in total. The van der Waals surface area contributed by atoms with E-state index in [2.05, 4.69) is 55.5 Å². The van der Waals surface area contributed by atoms with Gasteiger partial charge in [0, 0.05) is 17.5 Å². The van der Waals surface area contributed by atoms with E-state index in [1.54, 1.807) is 0 Å². The van der Waals surface area contributed by atoms with Gasteiger partial charge in [0.1, 0.15) is 0 Å². The molecule has 0 amide bonds. The van der Waals surface area contributed by atoms with Crippen LogP contribution in [0.2, 0.25) is 0 Å². The molecule has 0 bridgehead atoms. The minimum absolute atomic E-state index is 1.02. The predicted octanol–water partition coefficient (Wildman–Crippen LogP) is 4.11. The Hall–Kier alpha value is -2.15. The molecule has 4 rings (SSSR count). The zero-order valence-corrected chi connectivity index (χ0v) is 10.3.